The molecule has 0 aliphatic carbocycles. The summed E-state index contributed by atoms with van der Waals surface area (Å²) < 4.78 is 0. The summed E-state index contributed by atoms with van der Waals surface area (Å²) in [7, 11) is 1.34. The highest BCUT2D eigenvalue weighted by Crippen LogP contribution is 2.32. The summed E-state index contributed by atoms with van der Waals surface area (Å²) in [5.74, 6) is -3.48. The second kappa shape index (κ2) is 6.83. The number of nitro benzene ring substituents is 1. The Morgan fingerprint density at radius 2 is 1.65 bits per heavy atom. The van der Waals surface area contributed by atoms with Crippen LogP contribution in [0.1, 0.15) is 48.4 Å². The molecule has 0 spiro atoms. The number of fused-ring (bicyclic) bond motifs is 2. The Morgan fingerprint density at radius 3 is 2.32 bits per heavy atom. The van der Waals surface area contributed by atoms with E-state index in [-0.39, 0.29) is 27.9 Å². The molecule has 0 fully saturated rings. The van der Waals surface area contributed by atoms with Crippen molar-refractivity contribution in [3.63, 3.8) is 0 Å². The lowest BCUT2D eigenvalue weighted by molar-refractivity contribution is -0.385. The van der Waals surface area contributed by atoms with Gasteiger partial charge in [-0.1, -0.05) is 6.07 Å². The monoisotopic (exact) mass is 422 g/mol. The van der Waals surface area contributed by atoms with Crippen LogP contribution in [0.4, 0.5) is 11.4 Å². The largest absolute Gasteiger partial charge is 0.324 e. The molecule has 0 bridgehead atoms. The van der Waals surface area contributed by atoms with Gasteiger partial charge in [0.15, 0.2) is 0 Å². The molecule has 11 nitrogen and oxygen atoms in total. The maximum absolute atomic E-state index is 12.7. The predicted molar refractivity (Wildman–Crippen MR) is 105 cm³/mol. The topological polar surface area (TPSA) is 147 Å². The molecule has 2 aliphatic rings. The molecule has 0 aromatic heterocycles. The van der Waals surface area contributed by atoms with Crippen molar-refractivity contribution in [3.8, 4) is 0 Å². The average Bonchev–Trinajstić information content (AvgIpc) is 3.12. The van der Waals surface area contributed by atoms with Gasteiger partial charge in [0.2, 0.25) is 5.91 Å². The van der Waals surface area contributed by atoms with Gasteiger partial charge < -0.3 is 5.32 Å². The third-order valence-electron chi connectivity index (χ3n) is 5.24. The summed E-state index contributed by atoms with van der Waals surface area (Å²) in [4.78, 5) is 74.3. The van der Waals surface area contributed by atoms with Crippen LogP contribution in [0.15, 0.2) is 36.4 Å². The number of rotatable bonds is 4. The summed E-state index contributed by atoms with van der Waals surface area (Å²) >= 11 is 0. The zero-order chi connectivity index (χ0) is 22.6. The Balaban J connectivity index is 1.59. The van der Waals surface area contributed by atoms with Gasteiger partial charge in [0.1, 0.15) is 11.6 Å². The number of anilines is 1. The van der Waals surface area contributed by atoms with Crippen molar-refractivity contribution in [2.75, 3.05) is 12.4 Å². The number of hydrogen-bond donors (Lipinski definition) is 1. The highest BCUT2D eigenvalue weighted by molar-refractivity contribution is 6.25. The van der Waals surface area contributed by atoms with E-state index >= 15 is 0 Å². The number of nitrogens with one attached hydrogen (secondary N) is 1. The molecular weight excluding hydrogens is 408 g/mol. The van der Waals surface area contributed by atoms with Crippen molar-refractivity contribution in [3.05, 3.63) is 68.8 Å². The molecule has 2 aromatic rings. The molecule has 0 saturated carbocycles. The number of nitrogens with zero attached hydrogens (tertiary/aromatic N) is 3. The van der Waals surface area contributed by atoms with E-state index < -0.39 is 46.2 Å². The van der Waals surface area contributed by atoms with Crippen LogP contribution in [0.25, 0.3) is 0 Å². The number of hydrogen-bond acceptors (Lipinski definition) is 7. The molecule has 0 radical (unpaired) electrons. The Morgan fingerprint density at radius 1 is 0.968 bits per heavy atom. The number of imide groups is 2. The quantitative estimate of drug-likeness (QED) is 0.445. The van der Waals surface area contributed by atoms with E-state index in [9.17, 15) is 34.1 Å². The summed E-state index contributed by atoms with van der Waals surface area (Å²) in [6, 6.07) is 6.53. The zero-order valence-electron chi connectivity index (χ0n) is 16.2. The molecule has 5 amide bonds. The van der Waals surface area contributed by atoms with Crippen molar-refractivity contribution in [2.45, 2.75) is 13.0 Å². The van der Waals surface area contributed by atoms with Gasteiger partial charge in [-0.15, -0.1) is 0 Å². The standard InChI is InChI=1S/C20H14N4O7/c1-9(23-19(28)12-4-3-5-14(24(30)31)15(12)20(23)29)16(25)21-10-6-7-11-13(8-10)18(27)22(2)17(11)26/h3-9H,1-2H3,(H,21,25). The molecule has 2 heterocycles. The fourth-order valence-electron chi connectivity index (χ4n) is 3.59. The second-order valence-corrected chi connectivity index (χ2v) is 7.03. The maximum Gasteiger partial charge on any atom is 0.282 e. The van der Waals surface area contributed by atoms with Crippen LogP contribution >= 0.6 is 0 Å². The first-order chi connectivity index (χ1) is 14.6. The lowest BCUT2D eigenvalue weighted by atomic mass is 10.1. The lowest BCUT2D eigenvalue weighted by Gasteiger charge is -2.21. The van der Waals surface area contributed by atoms with Crippen LogP contribution in [-0.4, -0.2) is 57.3 Å². The molecule has 11 heteroatoms. The highest BCUT2D eigenvalue weighted by Gasteiger charge is 2.45. The van der Waals surface area contributed by atoms with Gasteiger partial charge in [-0.3, -0.25) is 43.9 Å². The van der Waals surface area contributed by atoms with Crippen molar-refractivity contribution in [1.82, 2.24) is 9.80 Å². The second-order valence-electron chi connectivity index (χ2n) is 7.03. The first-order valence-electron chi connectivity index (χ1n) is 9.06. The molecule has 4 rings (SSSR count). The Kier molecular flexibility index (Phi) is 4.38. The summed E-state index contributed by atoms with van der Waals surface area (Å²) in [5, 5.41) is 13.7. The average molecular weight is 422 g/mol. The van der Waals surface area contributed by atoms with Crippen LogP contribution in [0, 0.1) is 10.1 Å². The van der Waals surface area contributed by atoms with Crippen LogP contribution in [-0.2, 0) is 4.79 Å². The van der Waals surface area contributed by atoms with Gasteiger partial charge in [-0.05, 0) is 31.2 Å². The SMILES string of the molecule is CC(C(=O)Nc1ccc2c(c1)C(=O)N(C)C2=O)N1C(=O)c2cccc([N+](=O)[O-])c2C1=O. The molecule has 1 unspecified atom stereocenters. The fraction of sp³-hybridized carbons (Fsp3) is 0.150. The van der Waals surface area contributed by atoms with Gasteiger partial charge in [0, 0.05) is 18.8 Å². The lowest BCUT2D eigenvalue weighted by Crippen LogP contribution is -2.45. The number of benzene rings is 2. The van der Waals surface area contributed by atoms with E-state index in [0.29, 0.717) is 4.90 Å². The molecule has 1 N–H and O–H groups in total. The van der Waals surface area contributed by atoms with Gasteiger partial charge >= 0.3 is 0 Å². The Bertz CT molecular complexity index is 1240. The van der Waals surface area contributed by atoms with E-state index in [0.717, 1.165) is 11.0 Å². The van der Waals surface area contributed by atoms with Crippen molar-refractivity contribution >= 4 is 40.9 Å². The zero-order valence-corrected chi connectivity index (χ0v) is 16.2. The summed E-state index contributed by atoms with van der Waals surface area (Å²) in [6.07, 6.45) is 0. The number of amides is 5. The predicted octanol–water partition coefficient (Wildman–Crippen LogP) is 1.44. The minimum absolute atomic E-state index is 0.120. The smallest absolute Gasteiger partial charge is 0.282 e. The summed E-state index contributed by atoms with van der Waals surface area (Å²) in [5.41, 5.74) is -0.516. The number of carbonyl (C=O) groups is 5. The van der Waals surface area contributed by atoms with Crippen molar-refractivity contribution in [1.29, 1.82) is 0 Å². The van der Waals surface area contributed by atoms with Gasteiger partial charge in [0.25, 0.3) is 29.3 Å². The van der Waals surface area contributed by atoms with E-state index in [1.807, 2.05) is 0 Å². The van der Waals surface area contributed by atoms with Crippen LogP contribution < -0.4 is 5.32 Å². The Labute approximate surface area is 174 Å². The fourth-order valence-corrected chi connectivity index (χ4v) is 3.59. The molecule has 0 saturated heterocycles. The van der Waals surface area contributed by atoms with Crippen LogP contribution in [0.3, 0.4) is 0 Å². The van der Waals surface area contributed by atoms with Gasteiger partial charge in [-0.25, -0.2) is 0 Å². The molecule has 31 heavy (non-hydrogen) atoms. The van der Waals surface area contributed by atoms with Crippen LogP contribution in [0.5, 0.6) is 0 Å². The minimum atomic E-state index is -1.29. The Hall–Kier alpha value is -4.41. The van der Waals surface area contributed by atoms with Crippen molar-refractivity contribution < 1.29 is 28.9 Å². The number of nitro groups is 1. The first-order valence-corrected chi connectivity index (χ1v) is 9.06. The normalized spacial score (nSPS) is 15.8. The first kappa shape index (κ1) is 19.9. The molecule has 1 atom stereocenters. The molecule has 2 aliphatic heterocycles. The molecule has 2 aromatic carbocycles. The minimum Gasteiger partial charge on any atom is -0.324 e. The third kappa shape index (κ3) is 2.86. The third-order valence-corrected chi connectivity index (χ3v) is 5.24. The highest BCUT2D eigenvalue weighted by atomic mass is 16.6. The molecular formula is C20H14N4O7. The van der Waals surface area contributed by atoms with E-state index in [4.69, 9.17) is 0 Å². The van der Waals surface area contributed by atoms with Gasteiger partial charge in [-0.2, -0.15) is 0 Å². The number of carbonyl (C=O) groups excluding carboxylic acids is 5. The van der Waals surface area contributed by atoms with Gasteiger partial charge in [0.05, 0.1) is 21.6 Å². The van der Waals surface area contributed by atoms with Crippen molar-refractivity contribution in [2.24, 2.45) is 0 Å². The van der Waals surface area contributed by atoms with E-state index in [2.05, 4.69) is 5.32 Å². The maximum atomic E-state index is 12.7. The van der Waals surface area contributed by atoms with E-state index in [1.54, 1.807) is 0 Å². The molecule has 156 valence electrons. The van der Waals surface area contributed by atoms with E-state index in [1.165, 1.54) is 44.3 Å². The summed E-state index contributed by atoms with van der Waals surface area (Å²) in [6.45, 7) is 1.30. The van der Waals surface area contributed by atoms with Crippen LogP contribution in [0.2, 0.25) is 0 Å².